The first kappa shape index (κ1) is 13.6. The number of benzene rings is 1. The minimum atomic E-state index is -0.0186. The van der Waals surface area contributed by atoms with Crippen molar-refractivity contribution in [2.75, 3.05) is 0 Å². The van der Waals surface area contributed by atoms with E-state index in [0.717, 1.165) is 6.54 Å². The number of hydrogen-bond donors (Lipinski definition) is 1. The van der Waals surface area contributed by atoms with Crippen LogP contribution in [-0.4, -0.2) is 24.7 Å². The maximum absolute atomic E-state index is 9.01. The molecule has 2 heterocycles. The predicted octanol–water partition coefficient (Wildman–Crippen LogP) is 1.98. The van der Waals surface area contributed by atoms with Crippen molar-refractivity contribution in [3.8, 4) is 0 Å². The molecule has 0 spiro atoms. The molecule has 0 saturated carbocycles. The fourth-order valence-corrected chi connectivity index (χ4v) is 2.25. The summed E-state index contributed by atoms with van der Waals surface area (Å²) < 4.78 is 3.77. The van der Waals surface area contributed by atoms with E-state index in [0.29, 0.717) is 12.2 Å². The molecule has 3 rings (SSSR count). The molecule has 0 bridgehead atoms. The van der Waals surface area contributed by atoms with E-state index in [1.54, 1.807) is 0 Å². The lowest BCUT2D eigenvalue weighted by molar-refractivity contribution is 0.275. The molecule has 0 radical (unpaired) electrons. The van der Waals surface area contributed by atoms with Gasteiger partial charge in [-0.25, -0.2) is 0 Å². The Kier molecular flexibility index (Phi) is 3.83. The van der Waals surface area contributed by atoms with Crippen LogP contribution in [0, 0.1) is 6.92 Å². The van der Waals surface area contributed by atoms with Gasteiger partial charge >= 0.3 is 0 Å². The first-order valence-corrected chi connectivity index (χ1v) is 6.93. The molecular formula is C16H18N4O. The van der Waals surface area contributed by atoms with Crippen LogP contribution in [0.3, 0.4) is 0 Å². The van der Waals surface area contributed by atoms with Crippen molar-refractivity contribution >= 4 is 0 Å². The van der Waals surface area contributed by atoms with Gasteiger partial charge < -0.3 is 5.11 Å². The third-order valence-electron chi connectivity index (χ3n) is 3.33. The van der Waals surface area contributed by atoms with Gasteiger partial charge in [-0.1, -0.05) is 24.3 Å². The summed E-state index contributed by atoms with van der Waals surface area (Å²) in [5.41, 5.74) is 4.27. The van der Waals surface area contributed by atoms with Crippen LogP contribution >= 0.6 is 0 Å². The van der Waals surface area contributed by atoms with Crippen LogP contribution < -0.4 is 0 Å². The van der Waals surface area contributed by atoms with Gasteiger partial charge in [0, 0.05) is 12.4 Å². The maximum Gasteiger partial charge on any atom is 0.0879 e. The van der Waals surface area contributed by atoms with Gasteiger partial charge in [-0.15, -0.1) is 0 Å². The largest absolute Gasteiger partial charge is 0.390 e. The summed E-state index contributed by atoms with van der Waals surface area (Å²) in [7, 11) is 0. The van der Waals surface area contributed by atoms with Crippen molar-refractivity contribution in [2.45, 2.75) is 26.6 Å². The van der Waals surface area contributed by atoms with Crippen LogP contribution in [0.4, 0.5) is 0 Å². The molecule has 2 aromatic heterocycles. The number of nitrogens with zero attached hydrogens (tertiary/aromatic N) is 4. The maximum atomic E-state index is 9.01. The molecule has 108 valence electrons. The third-order valence-corrected chi connectivity index (χ3v) is 3.33. The van der Waals surface area contributed by atoms with Crippen LogP contribution in [0.2, 0.25) is 0 Å². The second-order valence-electron chi connectivity index (χ2n) is 5.19. The highest BCUT2D eigenvalue weighted by atomic mass is 16.3. The lowest BCUT2D eigenvalue weighted by Crippen LogP contribution is -2.03. The quantitative estimate of drug-likeness (QED) is 0.778. The Morgan fingerprint density at radius 3 is 2.19 bits per heavy atom. The van der Waals surface area contributed by atoms with Crippen molar-refractivity contribution < 1.29 is 5.11 Å². The van der Waals surface area contributed by atoms with E-state index in [1.165, 1.54) is 16.7 Å². The van der Waals surface area contributed by atoms with Gasteiger partial charge in [0.2, 0.25) is 0 Å². The topological polar surface area (TPSA) is 55.9 Å². The highest BCUT2D eigenvalue weighted by Gasteiger charge is 2.01. The molecule has 3 aromatic rings. The van der Waals surface area contributed by atoms with Crippen LogP contribution in [0.5, 0.6) is 0 Å². The minimum Gasteiger partial charge on any atom is -0.390 e. The SMILES string of the molecule is Cc1cnn(Cc2ccc(Cn3ccc(CO)n3)cc2)c1. The highest BCUT2D eigenvalue weighted by molar-refractivity contribution is 5.23. The van der Waals surface area contributed by atoms with Gasteiger partial charge in [0.05, 0.1) is 31.6 Å². The molecule has 0 aliphatic rings. The average molecular weight is 282 g/mol. The van der Waals surface area contributed by atoms with Gasteiger partial charge in [0.25, 0.3) is 0 Å². The zero-order valence-electron chi connectivity index (χ0n) is 12.0. The predicted molar refractivity (Wildman–Crippen MR) is 79.8 cm³/mol. The molecule has 0 aliphatic heterocycles. The van der Waals surface area contributed by atoms with E-state index >= 15 is 0 Å². The Morgan fingerprint density at radius 1 is 1.00 bits per heavy atom. The normalized spacial score (nSPS) is 11.0. The Morgan fingerprint density at radius 2 is 1.67 bits per heavy atom. The smallest absolute Gasteiger partial charge is 0.0879 e. The van der Waals surface area contributed by atoms with E-state index in [2.05, 4.69) is 34.5 Å². The van der Waals surface area contributed by atoms with Crippen LogP contribution in [0.1, 0.15) is 22.4 Å². The Balaban J connectivity index is 1.66. The van der Waals surface area contributed by atoms with Crippen LogP contribution in [-0.2, 0) is 19.7 Å². The number of aliphatic hydroxyl groups is 1. The molecule has 5 nitrogen and oxygen atoms in total. The molecule has 0 amide bonds. The summed E-state index contributed by atoms with van der Waals surface area (Å²) in [5.74, 6) is 0. The molecule has 0 unspecified atom stereocenters. The minimum absolute atomic E-state index is 0.0186. The van der Waals surface area contributed by atoms with Crippen molar-refractivity contribution in [1.82, 2.24) is 19.6 Å². The lowest BCUT2D eigenvalue weighted by atomic mass is 10.1. The van der Waals surface area contributed by atoms with Gasteiger partial charge in [-0.2, -0.15) is 10.2 Å². The number of rotatable bonds is 5. The van der Waals surface area contributed by atoms with Crippen molar-refractivity contribution in [3.05, 3.63) is 71.3 Å². The standard InChI is InChI=1S/C16H18N4O/c1-13-8-17-20(9-13)11-15-4-2-14(3-5-15)10-19-7-6-16(12-21)18-19/h2-9,21H,10-12H2,1H3. The van der Waals surface area contributed by atoms with Crippen LogP contribution in [0.15, 0.2) is 48.9 Å². The molecule has 0 fully saturated rings. The number of aliphatic hydroxyl groups excluding tert-OH is 1. The van der Waals surface area contributed by atoms with E-state index < -0.39 is 0 Å². The van der Waals surface area contributed by atoms with E-state index in [4.69, 9.17) is 5.11 Å². The molecule has 0 aliphatic carbocycles. The van der Waals surface area contributed by atoms with Crippen molar-refractivity contribution in [2.24, 2.45) is 0 Å². The zero-order chi connectivity index (χ0) is 14.7. The Hall–Kier alpha value is -2.40. The molecule has 1 aromatic carbocycles. The number of aryl methyl sites for hydroxylation is 1. The fourth-order valence-electron chi connectivity index (χ4n) is 2.25. The van der Waals surface area contributed by atoms with Crippen molar-refractivity contribution in [1.29, 1.82) is 0 Å². The summed E-state index contributed by atoms with van der Waals surface area (Å²) in [6.45, 7) is 3.51. The molecule has 5 heteroatoms. The van der Waals surface area contributed by atoms with Gasteiger partial charge in [-0.3, -0.25) is 9.36 Å². The molecule has 0 saturated heterocycles. The molecule has 1 N–H and O–H groups in total. The van der Waals surface area contributed by atoms with Gasteiger partial charge in [0.15, 0.2) is 0 Å². The number of hydrogen-bond acceptors (Lipinski definition) is 3. The van der Waals surface area contributed by atoms with E-state index in [9.17, 15) is 0 Å². The third kappa shape index (κ3) is 3.38. The summed E-state index contributed by atoms with van der Waals surface area (Å²) in [6.07, 6.45) is 5.78. The first-order chi connectivity index (χ1) is 10.2. The second-order valence-corrected chi connectivity index (χ2v) is 5.19. The second kappa shape index (κ2) is 5.93. The Labute approximate surface area is 123 Å². The monoisotopic (exact) mass is 282 g/mol. The summed E-state index contributed by atoms with van der Waals surface area (Å²) in [6, 6.07) is 10.3. The molecule has 0 atom stereocenters. The summed E-state index contributed by atoms with van der Waals surface area (Å²) in [5, 5.41) is 17.6. The fraction of sp³-hybridized carbons (Fsp3) is 0.250. The number of aromatic nitrogens is 4. The highest BCUT2D eigenvalue weighted by Crippen LogP contribution is 2.08. The van der Waals surface area contributed by atoms with Crippen molar-refractivity contribution in [3.63, 3.8) is 0 Å². The molecule has 21 heavy (non-hydrogen) atoms. The zero-order valence-corrected chi connectivity index (χ0v) is 12.0. The van der Waals surface area contributed by atoms with E-state index in [-0.39, 0.29) is 6.61 Å². The van der Waals surface area contributed by atoms with Gasteiger partial charge in [-0.05, 0) is 29.7 Å². The molecular weight excluding hydrogens is 264 g/mol. The average Bonchev–Trinajstić information content (AvgIpc) is 3.10. The summed E-state index contributed by atoms with van der Waals surface area (Å²) in [4.78, 5) is 0. The van der Waals surface area contributed by atoms with Crippen LogP contribution in [0.25, 0.3) is 0 Å². The van der Waals surface area contributed by atoms with E-state index in [1.807, 2.05) is 40.9 Å². The first-order valence-electron chi connectivity index (χ1n) is 6.93. The Bertz CT molecular complexity index is 712. The lowest BCUT2D eigenvalue weighted by Gasteiger charge is -2.05. The van der Waals surface area contributed by atoms with Gasteiger partial charge in [0.1, 0.15) is 0 Å². The summed E-state index contributed by atoms with van der Waals surface area (Å²) >= 11 is 0.